The number of anilines is 5. The van der Waals surface area contributed by atoms with Gasteiger partial charge in [0.1, 0.15) is 0 Å². The van der Waals surface area contributed by atoms with E-state index < -0.39 is 5.41 Å². The second kappa shape index (κ2) is 14.6. The number of benzene rings is 10. The molecule has 13 rings (SSSR count). The Balaban J connectivity index is 1.07. The van der Waals surface area contributed by atoms with Crippen LogP contribution in [0.2, 0.25) is 0 Å². The lowest BCUT2D eigenvalue weighted by Gasteiger charge is -2.49. The van der Waals surface area contributed by atoms with Gasteiger partial charge in [-0.1, -0.05) is 206 Å². The molecule has 2 nitrogen and oxygen atoms in total. The zero-order valence-corrected chi connectivity index (χ0v) is 35.4. The molecule has 0 atom stereocenters. The Morgan fingerprint density at radius 2 is 1.12 bits per heavy atom. The van der Waals surface area contributed by atoms with Gasteiger partial charge in [-0.2, -0.15) is 0 Å². The van der Waals surface area contributed by atoms with Gasteiger partial charge >= 0.3 is 0 Å². The zero-order chi connectivity index (χ0) is 42.2. The fourth-order valence-electron chi connectivity index (χ4n) is 11.5. The van der Waals surface area contributed by atoms with Gasteiger partial charge in [0, 0.05) is 28.3 Å². The molecule has 10 aromatic rings. The van der Waals surface area contributed by atoms with E-state index in [0.29, 0.717) is 0 Å². The number of para-hydroxylation sites is 2. The number of hydrogen-bond donors (Lipinski definition) is 1. The highest BCUT2D eigenvalue weighted by Crippen LogP contribution is 2.58. The molecule has 0 bridgehead atoms. The molecule has 0 amide bonds. The van der Waals surface area contributed by atoms with Gasteiger partial charge in [0.05, 0.1) is 11.1 Å². The Kier molecular flexibility index (Phi) is 8.39. The van der Waals surface area contributed by atoms with Crippen LogP contribution in [0, 0.1) is 0 Å². The normalized spacial score (nSPS) is 13.7. The van der Waals surface area contributed by atoms with Crippen molar-refractivity contribution in [3.8, 4) is 33.4 Å². The molecule has 1 N–H and O–H groups in total. The van der Waals surface area contributed by atoms with Gasteiger partial charge in [0.15, 0.2) is 7.28 Å². The first-order valence-electron chi connectivity index (χ1n) is 22.6. The number of nitrogens with one attached hydrogen (secondary N) is 1. The second-order valence-electron chi connectivity index (χ2n) is 17.5. The van der Waals surface area contributed by atoms with Crippen molar-refractivity contribution in [2.45, 2.75) is 18.3 Å². The molecule has 0 fully saturated rings. The summed E-state index contributed by atoms with van der Waals surface area (Å²) in [5.74, 6) is 0. The molecule has 3 aliphatic rings. The van der Waals surface area contributed by atoms with Crippen molar-refractivity contribution in [2.24, 2.45) is 0 Å². The number of nitrogens with zero attached hydrogens (tertiary/aromatic N) is 1. The minimum Gasteiger partial charge on any atom is -0.355 e. The van der Waals surface area contributed by atoms with Crippen LogP contribution in [0.3, 0.4) is 0 Å². The van der Waals surface area contributed by atoms with Crippen molar-refractivity contribution in [1.29, 1.82) is 0 Å². The van der Waals surface area contributed by atoms with Crippen LogP contribution in [-0.4, -0.2) is 7.28 Å². The van der Waals surface area contributed by atoms with E-state index in [1.54, 1.807) is 0 Å². The Morgan fingerprint density at radius 1 is 0.453 bits per heavy atom. The summed E-state index contributed by atoms with van der Waals surface area (Å²) in [6.45, 7) is 0. The van der Waals surface area contributed by atoms with Crippen LogP contribution in [0.1, 0.15) is 33.4 Å². The van der Waals surface area contributed by atoms with Crippen molar-refractivity contribution >= 4 is 57.4 Å². The van der Waals surface area contributed by atoms with Crippen molar-refractivity contribution in [3.63, 3.8) is 0 Å². The molecule has 3 heteroatoms. The molecular formula is C61H43BN2. The van der Waals surface area contributed by atoms with Crippen molar-refractivity contribution < 1.29 is 0 Å². The summed E-state index contributed by atoms with van der Waals surface area (Å²) in [6.07, 6.45) is 2.03. The highest BCUT2D eigenvalue weighted by molar-refractivity contribution is 6.74. The second-order valence-corrected chi connectivity index (χ2v) is 17.5. The minimum absolute atomic E-state index is 0.516. The molecular weight excluding hydrogens is 771 g/mol. The third-order valence-corrected chi connectivity index (χ3v) is 14.2. The lowest BCUT2D eigenvalue weighted by molar-refractivity contribution is 0.732. The van der Waals surface area contributed by atoms with Crippen molar-refractivity contribution in [1.82, 2.24) is 0 Å². The highest BCUT2D eigenvalue weighted by Gasteiger charge is 2.48. The van der Waals surface area contributed by atoms with Crippen LogP contribution in [-0.2, 0) is 18.3 Å². The summed E-state index contributed by atoms with van der Waals surface area (Å²) < 4.78 is 0. The Morgan fingerprint density at radius 3 is 1.95 bits per heavy atom. The van der Waals surface area contributed by atoms with E-state index in [9.17, 15) is 0 Å². The number of hydrogen-bond acceptors (Lipinski definition) is 2. The molecule has 2 heterocycles. The summed E-state index contributed by atoms with van der Waals surface area (Å²) in [7, 11) is 0.800. The Hall–Kier alpha value is -7.88. The zero-order valence-electron chi connectivity index (χ0n) is 35.4. The van der Waals surface area contributed by atoms with Crippen LogP contribution in [0.4, 0.5) is 28.4 Å². The van der Waals surface area contributed by atoms with Gasteiger partial charge in [0.2, 0.25) is 0 Å². The SMILES string of the molecule is B1c2cccc3c2N(c2ccccc2C3(c2ccccc2)c2ccccc2)c2cc3ccccc3c(-c3ccc(-c4ccccc4)cc3Nc3cccc4c3CCc3ccccc3-4)c21. The largest absolute Gasteiger partial charge is 0.355 e. The Bertz CT molecular complexity index is 3410. The number of aryl methyl sites for hydroxylation is 1. The lowest BCUT2D eigenvalue weighted by Crippen LogP contribution is -2.47. The third kappa shape index (κ3) is 5.47. The van der Waals surface area contributed by atoms with E-state index in [1.807, 2.05) is 0 Å². The first-order chi connectivity index (χ1) is 31.8. The summed E-state index contributed by atoms with van der Waals surface area (Å²) in [4.78, 5) is 2.61. The van der Waals surface area contributed by atoms with E-state index in [-0.39, 0.29) is 0 Å². The standard InChI is InChI=1S/C61H43BN2/c1-4-18-40(19-5-1)42-35-37-50(55(38-42)63-54-32-16-28-48-46-26-12-10-20-41(46)34-36-49(48)54)58-47-27-13-11-21-43(47)39-57-59(58)62-53-31-17-30-52-60(53)64(57)56-33-15-14-29-51(56)61(52,44-22-6-2-7-23-44)45-24-8-3-9-25-45/h1-33,35,37-39,62-63H,34,36H2. The molecule has 64 heavy (non-hydrogen) atoms. The number of rotatable bonds is 6. The predicted octanol–water partition coefficient (Wildman–Crippen LogP) is 13.5. The van der Waals surface area contributed by atoms with E-state index in [0.717, 1.165) is 25.8 Å². The minimum atomic E-state index is -0.516. The molecule has 2 aliphatic heterocycles. The van der Waals surface area contributed by atoms with Crippen LogP contribution in [0.15, 0.2) is 224 Å². The summed E-state index contributed by atoms with van der Waals surface area (Å²) in [6, 6.07) is 83.5. The maximum Gasteiger partial charge on any atom is 0.198 e. The quantitative estimate of drug-likeness (QED) is 0.168. The molecule has 0 unspecified atom stereocenters. The number of fused-ring (bicyclic) bond motifs is 8. The monoisotopic (exact) mass is 814 g/mol. The molecule has 0 radical (unpaired) electrons. The third-order valence-electron chi connectivity index (χ3n) is 14.2. The molecule has 10 aromatic carbocycles. The van der Waals surface area contributed by atoms with E-state index in [1.165, 1.54) is 111 Å². The molecule has 0 spiro atoms. The summed E-state index contributed by atoms with van der Waals surface area (Å²) in [5.41, 5.74) is 23.7. The van der Waals surface area contributed by atoms with Crippen molar-refractivity contribution in [3.05, 3.63) is 258 Å². The van der Waals surface area contributed by atoms with Crippen LogP contribution >= 0.6 is 0 Å². The molecule has 0 aromatic heterocycles. The van der Waals surface area contributed by atoms with Gasteiger partial charge in [-0.05, 0) is 115 Å². The lowest BCUT2D eigenvalue weighted by atomic mass is 9.54. The average Bonchev–Trinajstić information content (AvgIpc) is 3.37. The summed E-state index contributed by atoms with van der Waals surface area (Å²) in [5, 5.41) is 6.61. The highest BCUT2D eigenvalue weighted by atomic mass is 15.2. The van der Waals surface area contributed by atoms with Gasteiger partial charge in [-0.15, -0.1) is 0 Å². The van der Waals surface area contributed by atoms with Crippen LogP contribution in [0.25, 0.3) is 44.2 Å². The summed E-state index contributed by atoms with van der Waals surface area (Å²) >= 11 is 0. The van der Waals surface area contributed by atoms with Gasteiger partial charge in [-0.3, -0.25) is 0 Å². The molecule has 300 valence electrons. The van der Waals surface area contributed by atoms with Crippen LogP contribution < -0.4 is 21.1 Å². The van der Waals surface area contributed by atoms with Crippen molar-refractivity contribution in [2.75, 3.05) is 10.2 Å². The first kappa shape index (κ1) is 36.7. The maximum absolute atomic E-state index is 4.13. The average molecular weight is 815 g/mol. The molecule has 0 saturated carbocycles. The van der Waals surface area contributed by atoms with E-state index in [4.69, 9.17) is 0 Å². The smallest absolute Gasteiger partial charge is 0.198 e. The van der Waals surface area contributed by atoms with Crippen LogP contribution in [0.5, 0.6) is 0 Å². The van der Waals surface area contributed by atoms with E-state index >= 15 is 0 Å². The van der Waals surface area contributed by atoms with Gasteiger partial charge < -0.3 is 10.2 Å². The Labute approximate surface area is 375 Å². The van der Waals surface area contributed by atoms with Gasteiger partial charge in [-0.25, -0.2) is 0 Å². The topological polar surface area (TPSA) is 15.3 Å². The fourth-order valence-corrected chi connectivity index (χ4v) is 11.5. The fraction of sp³-hybridized carbons (Fsp3) is 0.0492. The molecule has 1 aliphatic carbocycles. The van der Waals surface area contributed by atoms with E-state index in [2.05, 4.69) is 235 Å². The van der Waals surface area contributed by atoms with Gasteiger partial charge in [0.25, 0.3) is 0 Å². The first-order valence-corrected chi connectivity index (χ1v) is 22.6. The maximum atomic E-state index is 4.13. The molecule has 0 saturated heterocycles. The predicted molar refractivity (Wildman–Crippen MR) is 270 cm³/mol.